The Bertz CT molecular complexity index is 814. The maximum absolute atomic E-state index is 13.4. The van der Waals surface area contributed by atoms with Gasteiger partial charge < -0.3 is 9.52 Å². The van der Waals surface area contributed by atoms with E-state index in [2.05, 4.69) is 20.9 Å². The van der Waals surface area contributed by atoms with Gasteiger partial charge in [-0.15, -0.1) is 11.3 Å². The zero-order valence-corrected chi connectivity index (χ0v) is 12.7. The van der Waals surface area contributed by atoms with E-state index in [0.717, 1.165) is 0 Å². The molecule has 106 valence electrons. The minimum Gasteiger partial charge on any atom is -0.476 e. The first-order valence-corrected chi connectivity index (χ1v) is 7.47. The molecular weight excluding hydrogens is 361 g/mol. The molecule has 0 aliphatic carbocycles. The van der Waals surface area contributed by atoms with Gasteiger partial charge in [-0.3, -0.25) is 0 Å². The first kappa shape index (κ1) is 14.0. The van der Waals surface area contributed by atoms with Crippen LogP contribution in [0.25, 0.3) is 22.1 Å². The topological polar surface area (TPSA) is 63.3 Å². The van der Waals surface area contributed by atoms with Crippen molar-refractivity contribution < 1.29 is 18.7 Å². The molecule has 1 N–H and O–H groups in total. The summed E-state index contributed by atoms with van der Waals surface area (Å²) >= 11 is 4.64. The molecule has 4 nitrogen and oxygen atoms in total. The molecule has 0 radical (unpaired) electrons. The smallest absolute Gasteiger partial charge is 0.358 e. The normalized spacial score (nSPS) is 10.8. The van der Waals surface area contributed by atoms with Crippen LogP contribution >= 0.6 is 27.3 Å². The zero-order valence-electron chi connectivity index (χ0n) is 10.3. The summed E-state index contributed by atoms with van der Waals surface area (Å²) < 4.78 is 19.5. The molecule has 0 unspecified atom stereocenters. The predicted molar refractivity (Wildman–Crippen MR) is 79.9 cm³/mol. The number of carbonyl (C=O) groups is 1. The maximum atomic E-state index is 13.4. The Kier molecular flexibility index (Phi) is 3.60. The van der Waals surface area contributed by atoms with Crippen LogP contribution in [0.4, 0.5) is 4.39 Å². The second-order valence-corrected chi connectivity index (χ2v) is 5.91. The number of carboxylic acid groups (broad SMARTS) is 1. The van der Waals surface area contributed by atoms with Gasteiger partial charge >= 0.3 is 5.97 Å². The fourth-order valence-electron chi connectivity index (χ4n) is 1.82. The number of hydrogen-bond acceptors (Lipinski definition) is 4. The number of halogens is 2. The van der Waals surface area contributed by atoms with Gasteiger partial charge in [0.25, 0.3) is 0 Å². The zero-order chi connectivity index (χ0) is 15.0. The third kappa shape index (κ3) is 2.62. The number of carboxylic acids is 1. The molecule has 0 fully saturated rings. The van der Waals surface area contributed by atoms with E-state index in [-0.39, 0.29) is 17.3 Å². The number of aromatic carboxylic acids is 1. The SMILES string of the molecule is O=C(O)c1nc(-c2cccs2)oc1-c1cc(F)ccc1Br. The molecule has 0 spiro atoms. The van der Waals surface area contributed by atoms with Crippen molar-refractivity contribution in [1.29, 1.82) is 0 Å². The van der Waals surface area contributed by atoms with E-state index >= 15 is 0 Å². The molecule has 0 amide bonds. The Morgan fingerprint density at radius 1 is 1.38 bits per heavy atom. The summed E-state index contributed by atoms with van der Waals surface area (Å²) in [4.78, 5) is 16.1. The number of aromatic nitrogens is 1. The first-order valence-electron chi connectivity index (χ1n) is 5.79. The molecule has 2 aromatic heterocycles. The third-order valence-corrected chi connectivity index (χ3v) is 4.28. The Labute approximate surface area is 131 Å². The number of rotatable bonds is 3. The molecule has 3 aromatic rings. The van der Waals surface area contributed by atoms with E-state index in [1.54, 1.807) is 6.07 Å². The van der Waals surface area contributed by atoms with Crippen molar-refractivity contribution in [2.45, 2.75) is 0 Å². The van der Waals surface area contributed by atoms with Gasteiger partial charge in [0.2, 0.25) is 5.89 Å². The predicted octanol–water partition coefficient (Wildman–Crippen LogP) is 4.67. The lowest BCUT2D eigenvalue weighted by Gasteiger charge is -2.01. The van der Waals surface area contributed by atoms with Crippen molar-refractivity contribution >= 4 is 33.2 Å². The lowest BCUT2D eigenvalue weighted by molar-refractivity contribution is 0.0691. The molecular formula is C14H7BrFNO3S. The van der Waals surface area contributed by atoms with Crippen molar-refractivity contribution in [3.05, 3.63) is 51.7 Å². The Hall–Kier alpha value is -1.99. The second-order valence-electron chi connectivity index (χ2n) is 4.10. The van der Waals surface area contributed by atoms with Crippen LogP contribution in [0.15, 0.2) is 44.6 Å². The lowest BCUT2D eigenvalue weighted by Crippen LogP contribution is -1.99. The van der Waals surface area contributed by atoms with Crippen molar-refractivity contribution in [2.24, 2.45) is 0 Å². The number of benzene rings is 1. The molecule has 0 aliphatic heterocycles. The van der Waals surface area contributed by atoms with Gasteiger partial charge in [0.05, 0.1) is 4.88 Å². The fourth-order valence-corrected chi connectivity index (χ4v) is 2.90. The average Bonchev–Trinajstić information content (AvgIpc) is 3.09. The molecule has 3 rings (SSSR count). The fraction of sp³-hybridized carbons (Fsp3) is 0. The maximum Gasteiger partial charge on any atom is 0.358 e. The van der Waals surface area contributed by atoms with Gasteiger partial charge in [-0.25, -0.2) is 14.2 Å². The largest absolute Gasteiger partial charge is 0.476 e. The van der Waals surface area contributed by atoms with Gasteiger partial charge in [-0.1, -0.05) is 22.0 Å². The third-order valence-electron chi connectivity index (χ3n) is 2.73. The van der Waals surface area contributed by atoms with Crippen molar-refractivity contribution in [3.63, 3.8) is 0 Å². The van der Waals surface area contributed by atoms with E-state index in [9.17, 15) is 14.3 Å². The molecule has 0 atom stereocenters. The van der Waals surface area contributed by atoms with Crippen LogP contribution in [0, 0.1) is 5.82 Å². The molecule has 0 saturated heterocycles. The van der Waals surface area contributed by atoms with Crippen molar-refractivity contribution in [3.8, 4) is 22.1 Å². The van der Waals surface area contributed by atoms with E-state index in [4.69, 9.17) is 4.42 Å². The summed E-state index contributed by atoms with van der Waals surface area (Å²) in [5.41, 5.74) is 0.0624. The van der Waals surface area contributed by atoms with Crippen LogP contribution < -0.4 is 0 Å². The molecule has 0 saturated carbocycles. The molecule has 2 heterocycles. The van der Waals surface area contributed by atoms with Gasteiger partial charge in [0.1, 0.15) is 5.82 Å². The highest BCUT2D eigenvalue weighted by atomic mass is 79.9. The highest BCUT2D eigenvalue weighted by molar-refractivity contribution is 9.10. The second kappa shape index (κ2) is 5.42. The quantitative estimate of drug-likeness (QED) is 0.730. The van der Waals surface area contributed by atoms with Crippen LogP contribution in [0.1, 0.15) is 10.5 Å². The monoisotopic (exact) mass is 367 g/mol. The van der Waals surface area contributed by atoms with Crippen LogP contribution in [0.5, 0.6) is 0 Å². The molecule has 0 bridgehead atoms. The van der Waals surface area contributed by atoms with Gasteiger partial charge in [-0.05, 0) is 29.6 Å². The van der Waals surface area contributed by atoms with Gasteiger partial charge in [0, 0.05) is 10.0 Å². The Morgan fingerprint density at radius 3 is 2.86 bits per heavy atom. The number of oxazole rings is 1. The lowest BCUT2D eigenvalue weighted by atomic mass is 10.1. The number of hydrogen-bond donors (Lipinski definition) is 1. The summed E-state index contributed by atoms with van der Waals surface area (Å²) in [5.74, 6) is -1.49. The molecule has 1 aromatic carbocycles. The molecule has 7 heteroatoms. The first-order chi connectivity index (χ1) is 10.1. The van der Waals surface area contributed by atoms with Crippen LogP contribution in [0.2, 0.25) is 0 Å². The summed E-state index contributed by atoms with van der Waals surface area (Å²) in [7, 11) is 0. The van der Waals surface area contributed by atoms with E-state index in [1.165, 1.54) is 29.5 Å². The van der Waals surface area contributed by atoms with Gasteiger partial charge in [-0.2, -0.15) is 0 Å². The molecule has 0 aliphatic rings. The average molecular weight is 368 g/mol. The van der Waals surface area contributed by atoms with E-state index in [0.29, 0.717) is 14.9 Å². The minimum atomic E-state index is -1.23. The highest BCUT2D eigenvalue weighted by Gasteiger charge is 2.23. The summed E-state index contributed by atoms with van der Waals surface area (Å²) in [6.07, 6.45) is 0. The minimum absolute atomic E-state index is 0.0253. The van der Waals surface area contributed by atoms with Crippen molar-refractivity contribution in [2.75, 3.05) is 0 Å². The summed E-state index contributed by atoms with van der Waals surface area (Å²) in [6.45, 7) is 0. The number of nitrogens with zero attached hydrogens (tertiary/aromatic N) is 1. The number of thiophene rings is 1. The Morgan fingerprint density at radius 2 is 2.19 bits per heavy atom. The summed E-state index contributed by atoms with van der Waals surface area (Å²) in [6, 6.07) is 7.54. The standard InChI is InChI=1S/C14H7BrFNO3S/c15-9-4-3-7(16)6-8(9)12-11(14(18)19)17-13(20-12)10-2-1-5-21-10/h1-6H,(H,18,19). The summed E-state index contributed by atoms with van der Waals surface area (Å²) in [5, 5.41) is 11.1. The Balaban J connectivity index is 2.21. The van der Waals surface area contributed by atoms with Crippen molar-refractivity contribution in [1.82, 2.24) is 4.98 Å². The highest BCUT2D eigenvalue weighted by Crippen LogP contribution is 2.35. The van der Waals surface area contributed by atoms with Crippen LogP contribution in [0.3, 0.4) is 0 Å². The van der Waals surface area contributed by atoms with Crippen LogP contribution in [-0.4, -0.2) is 16.1 Å². The van der Waals surface area contributed by atoms with Crippen LogP contribution in [-0.2, 0) is 0 Å². The van der Waals surface area contributed by atoms with E-state index < -0.39 is 11.8 Å². The van der Waals surface area contributed by atoms with E-state index in [1.807, 2.05) is 11.4 Å². The molecule has 21 heavy (non-hydrogen) atoms. The van der Waals surface area contributed by atoms with Gasteiger partial charge in [0.15, 0.2) is 11.5 Å².